The molecule has 180 valence electrons. The number of carbonyl (C=O) groups is 3. The first-order valence-corrected chi connectivity index (χ1v) is 11.6. The Kier molecular flexibility index (Phi) is 6.13. The summed E-state index contributed by atoms with van der Waals surface area (Å²) >= 11 is 0. The van der Waals surface area contributed by atoms with Crippen LogP contribution in [0.2, 0.25) is 0 Å². The molecule has 9 nitrogen and oxygen atoms in total. The lowest BCUT2D eigenvalue weighted by Crippen LogP contribution is -2.55. The molecule has 0 aromatic heterocycles. The second-order valence-corrected chi connectivity index (χ2v) is 9.51. The SMILES string of the molecule is CCCNC(=O)[C@@H]1[C@H]2C(=O)N([C@H](C)CO)C(C(=O)Nc3ccc(OC)cc3)C23CC[C@@]1(C)O3. The number of aliphatic hydroxyl groups excluding tert-OH is 1. The van der Waals surface area contributed by atoms with Crippen molar-refractivity contribution in [3.05, 3.63) is 24.3 Å². The third-order valence-electron chi connectivity index (χ3n) is 7.39. The Morgan fingerprint density at radius 2 is 1.97 bits per heavy atom. The summed E-state index contributed by atoms with van der Waals surface area (Å²) in [6.45, 7) is 5.74. The number of anilines is 1. The molecule has 0 radical (unpaired) electrons. The van der Waals surface area contributed by atoms with E-state index in [1.807, 2.05) is 13.8 Å². The Bertz CT molecular complexity index is 937. The maximum Gasteiger partial charge on any atom is 0.250 e. The van der Waals surface area contributed by atoms with Gasteiger partial charge in [-0.05, 0) is 57.4 Å². The Hall–Kier alpha value is -2.65. The zero-order valence-electron chi connectivity index (χ0n) is 19.6. The highest BCUT2D eigenvalue weighted by Crippen LogP contribution is 2.63. The molecule has 1 spiro atoms. The number of likely N-dealkylation sites (tertiary alicyclic amines) is 1. The van der Waals surface area contributed by atoms with E-state index in [4.69, 9.17) is 9.47 Å². The number of hydrogen-bond donors (Lipinski definition) is 3. The van der Waals surface area contributed by atoms with E-state index in [0.717, 1.165) is 6.42 Å². The molecule has 1 aromatic carbocycles. The normalized spacial score (nSPS) is 33.1. The van der Waals surface area contributed by atoms with Crippen molar-refractivity contribution in [2.45, 2.75) is 63.3 Å². The molecule has 0 aliphatic carbocycles. The smallest absolute Gasteiger partial charge is 0.250 e. The van der Waals surface area contributed by atoms with Crippen molar-refractivity contribution in [3.8, 4) is 5.75 Å². The number of nitrogens with zero attached hydrogens (tertiary/aromatic N) is 1. The van der Waals surface area contributed by atoms with Gasteiger partial charge in [-0.25, -0.2) is 0 Å². The quantitative estimate of drug-likeness (QED) is 0.540. The fraction of sp³-hybridized carbons (Fsp3) is 0.625. The lowest BCUT2D eigenvalue weighted by molar-refractivity contribution is -0.147. The monoisotopic (exact) mass is 459 g/mol. The van der Waals surface area contributed by atoms with Gasteiger partial charge < -0.3 is 30.1 Å². The molecule has 3 saturated heterocycles. The van der Waals surface area contributed by atoms with Crippen molar-refractivity contribution in [3.63, 3.8) is 0 Å². The first-order valence-electron chi connectivity index (χ1n) is 11.6. The number of hydrogen-bond acceptors (Lipinski definition) is 6. The van der Waals surface area contributed by atoms with Crippen molar-refractivity contribution in [2.75, 3.05) is 25.6 Å². The lowest BCUT2D eigenvalue weighted by Gasteiger charge is -2.35. The van der Waals surface area contributed by atoms with Gasteiger partial charge >= 0.3 is 0 Å². The molecule has 3 aliphatic rings. The maximum absolute atomic E-state index is 13.7. The van der Waals surface area contributed by atoms with Crippen LogP contribution in [0.25, 0.3) is 0 Å². The highest BCUT2D eigenvalue weighted by atomic mass is 16.5. The fourth-order valence-electron chi connectivity index (χ4n) is 5.87. The average Bonchev–Trinajstić information content (AvgIpc) is 3.38. The van der Waals surface area contributed by atoms with Crippen LogP contribution < -0.4 is 15.4 Å². The van der Waals surface area contributed by atoms with Crippen molar-refractivity contribution in [2.24, 2.45) is 11.8 Å². The Balaban J connectivity index is 1.70. The van der Waals surface area contributed by atoms with Crippen molar-refractivity contribution in [1.29, 1.82) is 0 Å². The predicted octanol–water partition coefficient (Wildman–Crippen LogP) is 1.31. The molecule has 3 fully saturated rings. The highest BCUT2D eigenvalue weighted by molar-refractivity contribution is 6.03. The molecule has 2 bridgehead atoms. The van der Waals surface area contributed by atoms with Gasteiger partial charge in [-0.2, -0.15) is 0 Å². The molecule has 3 aliphatic heterocycles. The summed E-state index contributed by atoms with van der Waals surface area (Å²) in [5.74, 6) is -1.72. The second-order valence-electron chi connectivity index (χ2n) is 9.51. The summed E-state index contributed by atoms with van der Waals surface area (Å²) in [5, 5.41) is 15.7. The summed E-state index contributed by atoms with van der Waals surface area (Å²) in [6, 6.07) is 5.36. The topological polar surface area (TPSA) is 117 Å². The number of ether oxygens (including phenoxy) is 2. The number of nitrogens with one attached hydrogen (secondary N) is 2. The average molecular weight is 460 g/mol. The molecule has 33 heavy (non-hydrogen) atoms. The number of rotatable bonds is 8. The Morgan fingerprint density at radius 3 is 2.58 bits per heavy atom. The molecule has 3 amide bonds. The van der Waals surface area contributed by atoms with Crippen molar-refractivity contribution < 1.29 is 29.0 Å². The first-order chi connectivity index (χ1) is 15.7. The van der Waals surface area contributed by atoms with Crippen LogP contribution in [0.1, 0.15) is 40.0 Å². The van der Waals surface area contributed by atoms with Gasteiger partial charge in [-0.3, -0.25) is 14.4 Å². The number of benzene rings is 1. The fourth-order valence-corrected chi connectivity index (χ4v) is 5.87. The third-order valence-corrected chi connectivity index (χ3v) is 7.39. The van der Waals surface area contributed by atoms with E-state index in [-0.39, 0.29) is 18.4 Å². The minimum Gasteiger partial charge on any atom is -0.497 e. The van der Waals surface area contributed by atoms with Crippen LogP contribution in [0.5, 0.6) is 5.75 Å². The standard InChI is InChI=1S/C24H33N3O6/c1-5-12-25-20(29)17-18-22(31)27(14(2)13-28)19(24(18)11-10-23(17,3)33-24)21(30)26-15-6-8-16(32-4)9-7-15/h6-9,14,17-19,28H,5,10-13H2,1-4H3,(H,25,29)(H,26,30)/t14-,17+,18+,19?,23-,24?/m1/s1. The van der Waals surface area contributed by atoms with Crippen LogP contribution >= 0.6 is 0 Å². The zero-order valence-corrected chi connectivity index (χ0v) is 19.6. The van der Waals surface area contributed by atoms with Crippen LogP contribution in [-0.4, -0.2) is 71.3 Å². The van der Waals surface area contributed by atoms with Crippen LogP contribution in [0.4, 0.5) is 5.69 Å². The molecule has 9 heteroatoms. The van der Waals surface area contributed by atoms with Crippen LogP contribution in [0.3, 0.4) is 0 Å². The van der Waals surface area contributed by atoms with Gasteiger partial charge in [0.25, 0.3) is 0 Å². The molecule has 3 heterocycles. The lowest BCUT2D eigenvalue weighted by atomic mass is 9.66. The maximum atomic E-state index is 13.7. The molecule has 3 N–H and O–H groups in total. The second kappa shape index (κ2) is 8.61. The summed E-state index contributed by atoms with van der Waals surface area (Å²) in [7, 11) is 1.56. The molecule has 2 unspecified atom stereocenters. The largest absolute Gasteiger partial charge is 0.497 e. The van der Waals surface area contributed by atoms with Crippen LogP contribution in [-0.2, 0) is 19.1 Å². The summed E-state index contributed by atoms with van der Waals surface area (Å²) in [4.78, 5) is 41.9. The number of fused-ring (bicyclic) bond motifs is 1. The minimum absolute atomic E-state index is 0.216. The van der Waals surface area contributed by atoms with E-state index in [2.05, 4.69) is 10.6 Å². The molecule has 0 saturated carbocycles. The van der Waals surface area contributed by atoms with Gasteiger partial charge in [0.05, 0.1) is 37.2 Å². The van der Waals surface area contributed by atoms with E-state index >= 15 is 0 Å². The minimum atomic E-state index is -1.11. The Morgan fingerprint density at radius 1 is 1.27 bits per heavy atom. The molecular formula is C24H33N3O6. The zero-order chi connectivity index (χ0) is 24.0. The number of carbonyl (C=O) groups excluding carboxylic acids is 3. The third kappa shape index (κ3) is 3.58. The van der Waals surface area contributed by atoms with Gasteiger partial charge in [-0.1, -0.05) is 6.92 Å². The molecule has 4 rings (SSSR count). The predicted molar refractivity (Wildman–Crippen MR) is 121 cm³/mol. The Labute approximate surface area is 193 Å². The summed E-state index contributed by atoms with van der Waals surface area (Å²) in [5.41, 5.74) is -1.37. The van der Waals surface area contributed by atoms with E-state index < -0.39 is 41.0 Å². The van der Waals surface area contributed by atoms with Gasteiger partial charge in [-0.15, -0.1) is 0 Å². The number of aliphatic hydroxyl groups is 1. The molecule has 6 atom stereocenters. The summed E-state index contributed by atoms with van der Waals surface area (Å²) in [6.07, 6.45) is 1.85. The van der Waals surface area contributed by atoms with E-state index in [0.29, 0.717) is 30.8 Å². The van der Waals surface area contributed by atoms with E-state index in [9.17, 15) is 19.5 Å². The van der Waals surface area contributed by atoms with Crippen LogP contribution in [0, 0.1) is 11.8 Å². The van der Waals surface area contributed by atoms with Crippen LogP contribution in [0.15, 0.2) is 24.3 Å². The number of amides is 3. The van der Waals surface area contributed by atoms with Gasteiger partial charge in [0.15, 0.2) is 0 Å². The van der Waals surface area contributed by atoms with Gasteiger partial charge in [0.2, 0.25) is 17.7 Å². The molecular weight excluding hydrogens is 426 g/mol. The first kappa shape index (κ1) is 23.5. The summed E-state index contributed by atoms with van der Waals surface area (Å²) < 4.78 is 11.7. The number of methoxy groups -OCH3 is 1. The van der Waals surface area contributed by atoms with Crippen molar-refractivity contribution >= 4 is 23.4 Å². The van der Waals surface area contributed by atoms with Crippen molar-refractivity contribution in [1.82, 2.24) is 10.2 Å². The van der Waals surface area contributed by atoms with E-state index in [1.54, 1.807) is 38.3 Å². The highest BCUT2D eigenvalue weighted by Gasteiger charge is 2.78. The van der Waals surface area contributed by atoms with E-state index in [1.165, 1.54) is 4.90 Å². The van der Waals surface area contributed by atoms with Gasteiger partial charge in [0, 0.05) is 12.2 Å². The van der Waals surface area contributed by atoms with Gasteiger partial charge in [0.1, 0.15) is 17.4 Å². The molecule has 1 aromatic rings.